The highest BCUT2D eigenvalue weighted by atomic mass is 16.5. The highest BCUT2D eigenvalue weighted by Gasteiger charge is 2.46. The van der Waals surface area contributed by atoms with Crippen LogP contribution in [0.3, 0.4) is 0 Å². The van der Waals surface area contributed by atoms with Crippen LogP contribution in [0, 0.1) is 11.3 Å². The van der Waals surface area contributed by atoms with Crippen LogP contribution in [-0.4, -0.2) is 45.3 Å². The maximum atomic E-state index is 12.4. The van der Waals surface area contributed by atoms with E-state index in [0.717, 1.165) is 42.8 Å². The van der Waals surface area contributed by atoms with E-state index in [9.17, 15) is 10.1 Å². The number of fused-ring (bicyclic) bond motifs is 2. The number of hydrogen-bond acceptors (Lipinski definition) is 6. The molecule has 1 saturated heterocycles. The number of urea groups is 1. The zero-order chi connectivity index (χ0) is 24.6. The molecule has 3 aromatic rings. The van der Waals surface area contributed by atoms with Gasteiger partial charge in [-0.25, -0.2) is 9.78 Å². The van der Waals surface area contributed by atoms with Crippen LogP contribution in [0.4, 0.5) is 10.6 Å². The molecule has 35 heavy (non-hydrogen) atoms. The minimum absolute atomic E-state index is 0.00140. The van der Waals surface area contributed by atoms with E-state index in [0.29, 0.717) is 30.2 Å². The van der Waals surface area contributed by atoms with E-state index in [4.69, 9.17) is 15.6 Å². The normalized spacial score (nSPS) is 19.4. The first-order valence-electron chi connectivity index (χ1n) is 12.0. The van der Waals surface area contributed by atoms with Gasteiger partial charge in [0.2, 0.25) is 0 Å². The van der Waals surface area contributed by atoms with Crippen molar-refractivity contribution < 1.29 is 9.53 Å². The Hall–Kier alpha value is -4.06. The smallest absolute Gasteiger partial charge is 0.317 e. The quantitative estimate of drug-likeness (QED) is 0.586. The lowest BCUT2D eigenvalue weighted by Crippen LogP contribution is -2.40. The van der Waals surface area contributed by atoms with Crippen molar-refractivity contribution in [2.45, 2.75) is 44.8 Å². The van der Waals surface area contributed by atoms with Crippen LogP contribution in [0.25, 0.3) is 11.3 Å². The van der Waals surface area contributed by atoms with E-state index in [1.165, 1.54) is 5.69 Å². The summed E-state index contributed by atoms with van der Waals surface area (Å²) >= 11 is 0. The van der Waals surface area contributed by atoms with Crippen molar-refractivity contribution in [2.24, 2.45) is 0 Å². The van der Waals surface area contributed by atoms with Crippen molar-refractivity contribution in [3.63, 3.8) is 0 Å². The molecule has 2 amide bonds. The maximum Gasteiger partial charge on any atom is 0.317 e. The van der Waals surface area contributed by atoms with E-state index in [1.54, 1.807) is 12.3 Å². The fourth-order valence-corrected chi connectivity index (χ4v) is 5.13. The van der Waals surface area contributed by atoms with Crippen molar-refractivity contribution in [1.29, 1.82) is 5.26 Å². The molecule has 0 radical (unpaired) electrons. The Morgan fingerprint density at radius 2 is 2.14 bits per heavy atom. The van der Waals surface area contributed by atoms with Gasteiger partial charge in [0.1, 0.15) is 6.10 Å². The molecular weight excluding hydrogens is 442 g/mol. The van der Waals surface area contributed by atoms with Gasteiger partial charge < -0.3 is 20.7 Å². The van der Waals surface area contributed by atoms with Gasteiger partial charge >= 0.3 is 6.03 Å². The van der Waals surface area contributed by atoms with Crippen LogP contribution in [0.15, 0.2) is 42.6 Å². The summed E-state index contributed by atoms with van der Waals surface area (Å²) in [7, 11) is 0. The van der Waals surface area contributed by atoms with Crippen LogP contribution in [0.5, 0.6) is 5.75 Å². The third-order valence-electron chi connectivity index (χ3n) is 7.06. The monoisotopic (exact) mass is 471 g/mol. The molecule has 5 rings (SSSR count). The summed E-state index contributed by atoms with van der Waals surface area (Å²) in [5, 5.41) is 16.9. The number of anilines is 1. The van der Waals surface area contributed by atoms with Crippen molar-refractivity contribution >= 4 is 11.8 Å². The van der Waals surface area contributed by atoms with Gasteiger partial charge in [-0.1, -0.05) is 12.1 Å². The summed E-state index contributed by atoms with van der Waals surface area (Å²) < 4.78 is 8.20. The number of hydrogen-bond donors (Lipinski definition) is 2. The summed E-state index contributed by atoms with van der Waals surface area (Å²) in [6.45, 7) is 6.76. The van der Waals surface area contributed by atoms with Gasteiger partial charge in [0.25, 0.3) is 0 Å². The van der Waals surface area contributed by atoms with Gasteiger partial charge in [0, 0.05) is 49.0 Å². The Morgan fingerprint density at radius 3 is 2.94 bits per heavy atom. The maximum absolute atomic E-state index is 12.4. The summed E-state index contributed by atoms with van der Waals surface area (Å²) in [4.78, 5) is 18.6. The molecule has 2 aromatic heterocycles. The number of nitriles is 1. The first-order valence-corrected chi connectivity index (χ1v) is 12.0. The van der Waals surface area contributed by atoms with Gasteiger partial charge in [-0.05, 0) is 56.5 Å². The van der Waals surface area contributed by atoms with Crippen molar-refractivity contribution in [3.05, 3.63) is 59.4 Å². The molecule has 3 N–H and O–H groups in total. The van der Waals surface area contributed by atoms with Crippen LogP contribution in [0.2, 0.25) is 0 Å². The van der Waals surface area contributed by atoms with Gasteiger partial charge in [-0.15, -0.1) is 0 Å². The topological polar surface area (TPSA) is 122 Å². The zero-order valence-electron chi connectivity index (χ0n) is 20.0. The van der Waals surface area contributed by atoms with Crippen LogP contribution < -0.4 is 15.8 Å². The number of likely N-dealkylation sites (tertiary alicyclic amines) is 1. The van der Waals surface area contributed by atoms with E-state index in [-0.39, 0.29) is 17.6 Å². The number of nitrogens with zero attached hydrogens (tertiary/aromatic N) is 5. The van der Waals surface area contributed by atoms with Crippen LogP contribution in [0.1, 0.15) is 49.6 Å². The number of aromatic nitrogens is 3. The average molecular weight is 472 g/mol. The Balaban J connectivity index is 1.38. The molecule has 180 valence electrons. The van der Waals surface area contributed by atoms with E-state index in [2.05, 4.69) is 27.1 Å². The number of nitrogen functional groups attached to an aromatic ring is 1. The van der Waals surface area contributed by atoms with Gasteiger partial charge in [-0.2, -0.15) is 10.4 Å². The van der Waals surface area contributed by atoms with E-state index >= 15 is 0 Å². The molecule has 1 fully saturated rings. The first kappa shape index (κ1) is 22.7. The molecule has 4 heterocycles. The number of carbonyl (C=O) groups excluding carboxylic acids is 1. The lowest BCUT2D eigenvalue weighted by Gasteiger charge is -2.23. The molecule has 0 unspecified atom stereocenters. The molecular formula is C26H29N7O2. The lowest BCUT2D eigenvalue weighted by atomic mass is 9.82. The van der Waals surface area contributed by atoms with Gasteiger partial charge in [0.05, 0.1) is 17.3 Å². The Bertz CT molecular complexity index is 1310. The SMILES string of the molecule is CCNC(=O)N1CC[C@@]2(CCn3nc(-c4cnc(N)c(O[C@@H](C)c5cccc(C#N)c5)c4)cc32)C1. The summed E-state index contributed by atoms with van der Waals surface area (Å²) in [6, 6.07) is 13.5. The lowest BCUT2D eigenvalue weighted by molar-refractivity contribution is 0.206. The van der Waals surface area contributed by atoms with Gasteiger partial charge in [-0.3, -0.25) is 4.68 Å². The number of ether oxygens (including phenoxy) is 1. The number of aryl methyl sites for hydroxylation is 1. The molecule has 1 spiro atoms. The Labute approximate surface area is 204 Å². The predicted molar refractivity (Wildman–Crippen MR) is 132 cm³/mol. The summed E-state index contributed by atoms with van der Waals surface area (Å²) in [5.74, 6) is 0.775. The summed E-state index contributed by atoms with van der Waals surface area (Å²) in [5.41, 5.74) is 10.3. The highest BCUT2D eigenvalue weighted by Crippen LogP contribution is 2.44. The summed E-state index contributed by atoms with van der Waals surface area (Å²) in [6.07, 6.45) is 3.32. The van der Waals surface area contributed by atoms with Crippen molar-refractivity contribution in [3.8, 4) is 23.1 Å². The highest BCUT2D eigenvalue weighted by molar-refractivity contribution is 5.75. The molecule has 2 aliphatic rings. The van der Waals surface area contributed by atoms with Crippen LogP contribution >= 0.6 is 0 Å². The molecule has 0 aliphatic carbocycles. The molecule has 0 bridgehead atoms. The molecule has 1 aromatic carbocycles. The number of nitrogens with one attached hydrogen (secondary N) is 1. The Morgan fingerprint density at radius 1 is 1.31 bits per heavy atom. The molecule has 9 nitrogen and oxygen atoms in total. The number of benzene rings is 1. The molecule has 9 heteroatoms. The second-order valence-electron chi connectivity index (χ2n) is 9.28. The molecule has 0 saturated carbocycles. The largest absolute Gasteiger partial charge is 0.482 e. The molecule has 2 atom stereocenters. The minimum atomic E-state index is -0.309. The third kappa shape index (κ3) is 4.16. The third-order valence-corrected chi connectivity index (χ3v) is 7.06. The number of rotatable bonds is 5. The number of carbonyl (C=O) groups is 1. The van der Waals surface area contributed by atoms with Crippen molar-refractivity contribution in [2.75, 3.05) is 25.4 Å². The van der Waals surface area contributed by atoms with Gasteiger partial charge in [0.15, 0.2) is 11.6 Å². The fourth-order valence-electron chi connectivity index (χ4n) is 5.13. The second-order valence-corrected chi connectivity index (χ2v) is 9.28. The number of nitrogens with two attached hydrogens (primary N) is 1. The molecule has 2 aliphatic heterocycles. The Kier molecular flexibility index (Phi) is 5.81. The first-order chi connectivity index (χ1) is 16.9. The minimum Gasteiger partial charge on any atom is -0.482 e. The predicted octanol–water partition coefficient (Wildman–Crippen LogP) is 3.62. The zero-order valence-corrected chi connectivity index (χ0v) is 20.0. The van der Waals surface area contributed by atoms with E-state index in [1.807, 2.05) is 43.0 Å². The second kappa shape index (κ2) is 8.95. The number of pyridine rings is 1. The standard InChI is InChI=1S/C26H29N7O2/c1-3-29-25(34)32-9-7-26(16-32)8-10-33-23(26)13-21(31-33)20-12-22(24(28)30-15-20)35-17(2)19-6-4-5-18(11-19)14-27/h4-6,11-13,15,17H,3,7-10,16H2,1-2H3,(H2,28,30)(H,29,34)/t17-,26+/m0/s1. The average Bonchev–Trinajstić information content (AvgIpc) is 3.57. The number of amides is 2. The van der Waals surface area contributed by atoms with E-state index < -0.39 is 0 Å². The van der Waals surface area contributed by atoms with Crippen LogP contribution in [-0.2, 0) is 12.0 Å². The fraction of sp³-hybridized carbons (Fsp3) is 0.385. The van der Waals surface area contributed by atoms with Crippen molar-refractivity contribution in [1.82, 2.24) is 25.0 Å².